The molecule has 0 saturated carbocycles. The monoisotopic (exact) mass is 353 g/mol. The van der Waals surface area contributed by atoms with Gasteiger partial charge in [0, 0.05) is 6.54 Å². The van der Waals surface area contributed by atoms with Crippen molar-refractivity contribution in [2.24, 2.45) is 0 Å². The number of amides is 2. The first kappa shape index (κ1) is 19.2. The molecule has 0 aliphatic rings. The second-order valence-electron chi connectivity index (χ2n) is 6.03. The van der Waals surface area contributed by atoms with Crippen LogP contribution in [0, 0.1) is 0 Å². The van der Waals surface area contributed by atoms with E-state index in [-0.39, 0.29) is 12.3 Å². The number of ketones is 1. The first-order chi connectivity index (χ1) is 12.5. The third-order valence-corrected chi connectivity index (χ3v) is 3.92. The smallest absolute Gasteiger partial charge is 0.240 e. The highest BCUT2D eigenvalue weighted by atomic mass is 16.4. The fraction of sp³-hybridized carbons (Fsp3) is 0.250. The lowest BCUT2D eigenvalue weighted by molar-refractivity contribution is -0.266. The number of carbonyl (C=O) groups is 3. The van der Waals surface area contributed by atoms with E-state index in [0.717, 1.165) is 16.0 Å². The maximum atomic E-state index is 12.3. The molecule has 0 spiro atoms. The molecule has 1 atom stereocenters. The van der Waals surface area contributed by atoms with Gasteiger partial charge in [0.05, 0.1) is 12.6 Å². The molecular formula is C20H21N2O4-. The molecule has 0 saturated heterocycles. The zero-order chi connectivity index (χ0) is 18.9. The summed E-state index contributed by atoms with van der Waals surface area (Å²) >= 11 is 0. The Hall–Kier alpha value is -3.15. The summed E-state index contributed by atoms with van der Waals surface area (Å²) in [6, 6.07) is 17.5. The summed E-state index contributed by atoms with van der Waals surface area (Å²) < 4.78 is 0. The van der Waals surface area contributed by atoms with Crippen LogP contribution in [-0.2, 0) is 22.6 Å². The van der Waals surface area contributed by atoms with E-state index in [1.165, 1.54) is 6.92 Å². The van der Waals surface area contributed by atoms with Crippen LogP contribution in [0.15, 0.2) is 60.7 Å². The maximum Gasteiger partial charge on any atom is 0.240 e. The third kappa shape index (κ3) is 6.05. The minimum atomic E-state index is -1.44. The summed E-state index contributed by atoms with van der Waals surface area (Å²) in [6.45, 7) is 1.05. The molecule has 0 bridgehead atoms. The predicted molar refractivity (Wildman–Crippen MR) is 95.0 cm³/mol. The van der Waals surface area contributed by atoms with Gasteiger partial charge < -0.3 is 20.1 Å². The Labute approximate surface area is 152 Å². The van der Waals surface area contributed by atoms with E-state index in [0.29, 0.717) is 6.42 Å². The number of carbonyl (C=O) groups excluding carboxylic acids is 3. The lowest BCUT2D eigenvalue weighted by Gasteiger charge is -2.25. The Bertz CT molecular complexity index is 683. The Balaban J connectivity index is 1.98. The van der Waals surface area contributed by atoms with Gasteiger partial charge >= 0.3 is 0 Å². The van der Waals surface area contributed by atoms with Gasteiger partial charge in [-0.25, -0.2) is 0 Å². The molecule has 2 aromatic carbocycles. The van der Waals surface area contributed by atoms with Crippen LogP contribution in [-0.4, -0.2) is 35.3 Å². The van der Waals surface area contributed by atoms with E-state index < -0.39 is 24.6 Å². The zero-order valence-electron chi connectivity index (χ0n) is 14.6. The van der Waals surface area contributed by atoms with Gasteiger partial charge in [-0.05, 0) is 24.5 Å². The highest BCUT2D eigenvalue weighted by Crippen LogP contribution is 2.06. The molecule has 0 radical (unpaired) electrons. The van der Waals surface area contributed by atoms with Gasteiger partial charge in [0.1, 0.15) is 6.09 Å². The molecule has 0 aromatic heterocycles. The number of nitrogens with one attached hydrogen (secondary N) is 1. The molecule has 2 rings (SSSR count). The maximum absolute atomic E-state index is 12.3. The van der Waals surface area contributed by atoms with Crippen LogP contribution in [0.5, 0.6) is 0 Å². The molecule has 0 heterocycles. The van der Waals surface area contributed by atoms with Gasteiger partial charge in [-0.2, -0.15) is 0 Å². The van der Waals surface area contributed by atoms with Crippen LogP contribution in [0.4, 0.5) is 4.79 Å². The van der Waals surface area contributed by atoms with E-state index >= 15 is 0 Å². The molecule has 0 aliphatic heterocycles. The SMILES string of the molecule is CC(=O)C(Cc1ccccc1)NC(=O)CN(Cc1ccccc1)C(=O)[O-]. The standard InChI is InChI=1S/C20H22N2O4/c1-15(23)18(12-16-8-4-2-5-9-16)21-19(24)14-22(20(25)26)13-17-10-6-3-7-11-17/h2-11,18H,12-14H2,1H3,(H,21,24)(H,25,26)/p-1. The van der Waals surface area contributed by atoms with E-state index in [4.69, 9.17) is 0 Å². The summed E-state index contributed by atoms with van der Waals surface area (Å²) in [5.41, 5.74) is 1.66. The molecule has 2 aromatic rings. The van der Waals surface area contributed by atoms with Crippen molar-refractivity contribution in [1.29, 1.82) is 0 Å². The second kappa shape index (κ2) is 9.36. The van der Waals surface area contributed by atoms with E-state index in [9.17, 15) is 19.5 Å². The molecule has 0 fully saturated rings. The van der Waals surface area contributed by atoms with Crippen LogP contribution >= 0.6 is 0 Å². The predicted octanol–water partition coefficient (Wildman–Crippen LogP) is 1.15. The molecule has 1 N–H and O–H groups in total. The average Bonchev–Trinajstić information content (AvgIpc) is 2.62. The normalized spacial score (nSPS) is 11.4. The minimum Gasteiger partial charge on any atom is -0.530 e. The lowest BCUT2D eigenvalue weighted by Crippen LogP contribution is -2.49. The van der Waals surface area contributed by atoms with Crippen LogP contribution in [0.2, 0.25) is 0 Å². The zero-order valence-corrected chi connectivity index (χ0v) is 14.6. The van der Waals surface area contributed by atoms with Gasteiger partial charge in [-0.3, -0.25) is 9.59 Å². The van der Waals surface area contributed by atoms with E-state index in [1.54, 1.807) is 24.3 Å². The van der Waals surface area contributed by atoms with Crippen molar-refractivity contribution >= 4 is 17.8 Å². The van der Waals surface area contributed by atoms with Crippen LogP contribution < -0.4 is 10.4 Å². The number of hydrogen-bond acceptors (Lipinski definition) is 4. The van der Waals surface area contributed by atoms with Crippen molar-refractivity contribution in [3.63, 3.8) is 0 Å². The van der Waals surface area contributed by atoms with Crippen molar-refractivity contribution in [3.05, 3.63) is 71.8 Å². The number of benzene rings is 2. The summed E-state index contributed by atoms with van der Waals surface area (Å²) in [6.07, 6.45) is -1.09. The van der Waals surface area contributed by atoms with Crippen molar-refractivity contribution in [3.8, 4) is 0 Å². The Kier molecular flexibility index (Phi) is 6.91. The largest absolute Gasteiger partial charge is 0.530 e. The minimum absolute atomic E-state index is 0.0417. The van der Waals surface area contributed by atoms with Crippen LogP contribution in [0.1, 0.15) is 18.1 Å². The molecule has 0 aliphatic carbocycles. The lowest BCUT2D eigenvalue weighted by atomic mass is 10.0. The summed E-state index contributed by atoms with van der Waals surface area (Å²) in [5, 5.41) is 13.9. The molecule has 26 heavy (non-hydrogen) atoms. The Morgan fingerprint density at radius 2 is 1.50 bits per heavy atom. The molecular weight excluding hydrogens is 332 g/mol. The van der Waals surface area contributed by atoms with Gasteiger partial charge in [-0.15, -0.1) is 0 Å². The number of Topliss-reactive ketones (excluding diaryl/α,β-unsaturated/α-hetero) is 1. The van der Waals surface area contributed by atoms with Gasteiger partial charge in [-0.1, -0.05) is 60.7 Å². The highest BCUT2D eigenvalue weighted by Gasteiger charge is 2.19. The first-order valence-electron chi connectivity index (χ1n) is 8.29. The van der Waals surface area contributed by atoms with E-state index in [2.05, 4.69) is 5.32 Å². The molecule has 2 amide bonds. The fourth-order valence-electron chi connectivity index (χ4n) is 2.55. The number of carboxylic acid groups (broad SMARTS) is 1. The van der Waals surface area contributed by atoms with Gasteiger partial charge in [0.2, 0.25) is 5.91 Å². The first-order valence-corrected chi connectivity index (χ1v) is 8.29. The van der Waals surface area contributed by atoms with Gasteiger partial charge in [0.15, 0.2) is 5.78 Å². The number of rotatable bonds is 8. The highest BCUT2D eigenvalue weighted by molar-refractivity contribution is 5.89. The number of nitrogens with zero attached hydrogens (tertiary/aromatic N) is 1. The summed E-state index contributed by atoms with van der Waals surface area (Å²) in [7, 11) is 0. The van der Waals surface area contributed by atoms with Crippen molar-refractivity contribution in [1.82, 2.24) is 10.2 Å². The van der Waals surface area contributed by atoms with Crippen molar-refractivity contribution in [2.75, 3.05) is 6.54 Å². The Morgan fingerprint density at radius 3 is 2.00 bits per heavy atom. The molecule has 1 unspecified atom stereocenters. The number of hydrogen-bond donors (Lipinski definition) is 1. The fourth-order valence-corrected chi connectivity index (χ4v) is 2.55. The second-order valence-corrected chi connectivity index (χ2v) is 6.03. The topological polar surface area (TPSA) is 89.5 Å². The van der Waals surface area contributed by atoms with Crippen molar-refractivity contribution in [2.45, 2.75) is 25.9 Å². The average molecular weight is 353 g/mol. The Morgan fingerprint density at radius 1 is 0.962 bits per heavy atom. The van der Waals surface area contributed by atoms with Crippen LogP contribution in [0.25, 0.3) is 0 Å². The van der Waals surface area contributed by atoms with Crippen LogP contribution in [0.3, 0.4) is 0 Å². The third-order valence-electron chi connectivity index (χ3n) is 3.92. The molecule has 6 nitrogen and oxygen atoms in total. The van der Waals surface area contributed by atoms with E-state index in [1.807, 2.05) is 36.4 Å². The molecule has 136 valence electrons. The summed E-state index contributed by atoms with van der Waals surface area (Å²) in [5.74, 6) is -0.730. The van der Waals surface area contributed by atoms with Crippen molar-refractivity contribution < 1.29 is 19.5 Å². The quantitative estimate of drug-likeness (QED) is 0.771. The molecule has 6 heteroatoms. The van der Waals surface area contributed by atoms with Gasteiger partial charge in [0.25, 0.3) is 0 Å². The summed E-state index contributed by atoms with van der Waals surface area (Å²) in [4.78, 5) is 36.3.